The van der Waals surface area contributed by atoms with Crippen molar-refractivity contribution in [2.75, 3.05) is 29.5 Å². The van der Waals surface area contributed by atoms with E-state index in [0.717, 1.165) is 12.3 Å². The molecule has 10 heteroatoms. The minimum atomic E-state index is -4.41. The number of carbonyl (C=O) groups is 2. The molecule has 2 aromatic rings. The quantitative estimate of drug-likeness (QED) is 0.664. The second-order valence-corrected chi connectivity index (χ2v) is 8.08. The number of carbonyl (C=O) groups excluding carboxylic acids is 2. The molecule has 2 aliphatic rings. The zero-order valence-electron chi connectivity index (χ0n) is 18.1. The molecule has 4 rings (SSSR count). The van der Waals surface area contributed by atoms with E-state index in [0.29, 0.717) is 49.8 Å². The Hall–Kier alpha value is -3.14. The van der Waals surface area contributed by atoms with Gasteiger partial charge < -0.3 is 15.0 Å². The third-order valence-corrected chi connectivity index (χ3v) is 5.88. The van der Waals surface area contributed by atoms with Crippen LogP contribution in [0.4, 0.5) is 24.7 Å². The topological polar surface area (TPSA) is 74.8 Å². The van der Waals surface area contributed by atoms with Crippen molar-refractivity contribution in [3.63, 3.8) is 0 Å². The van der Waals surface area contributed by atoms with Crippen LogP contribution < -0.4 is 19.9 Å². The lowest BCUT2D eigenvalue weighted by Crippen LogP contribution is -2.49. The van der Waals surface area contributed by atoms with Crippen LogP contribution in [0.1, 0.15) is 31.7 Å². The van der Waals surface area contributed by atoms with Crippen LogP contribution >= 0.6 is 0 Å². The van der Waals surface area contributed by atoms with Crippen LogP contribution in [-0.4, -0.2) is 48.6 Å². The summed E-state index contributed by atoms with van der Waals surface area (Å²) >= 11 is 0. The fraction of sp³-hybridized carbons (Fsp3) is 0.435. The zero-order valence-corrected chi connectivity index (χ0v) is 18.1. The van der Waals surface area contributed by atoms with Crippen molar-refractivity contribution in [3.05, 3.63) is 48.2 Å². The third-order valence-electron chi connectivity index (χ3n) is 5.88. The highest BCUT2D eigenvalue weighted by molar-refractivity contribution is 6.22. The number of aromatic nitrogens is 1. The summed E-state index contributed by atoms with van der Waals surface area (Å²) in [6, 6.07) is 8.69. The monoisotopic (exact) mass is 462 g/mol. The summed E-state index contributed by atoms with van der Waals surface area (Å²) in [7, 11) is 0. The first kappa shape index (κ1) is 23.0. The van der Waals surface area contributed by atoms with Crippen LogP contribution in [-0.2, 0) is 15.8 Å². The number of hydrogen-bond donors (Lipinski definition) is 1. The number of imide groups is 1. The summed E-state index contributed by atoms with van der Waals surface area (Å²) in [4.78, 5) is 32.5. The third kappa shape index (κ3) is 5.11. The number of pyridine rings is 1. The molecule has 176 valence electrons. The normalized spacial score (nSPS) is 19.9. The molecule has 1 atom stereocenters. The molecule has 2 saturated heterocycles. The average molecular weight is 462 g/mol. The number of anilines is 2. The first-order chi connectivity index (χ1) is 15.8. The summed E-state index contributed by atoms with van der Waals surface area (Å²) in [6.45, 7) is 3.59. The summed E-state index contributed by atoms with van der Waals surface area (Å²) < 4.78 is 43.6. The van der Waals surface area contributed by atoms with Gasteiger partial charge in [-0.25, -0.2) is 9.88 Å². The number of amides is 2. The molecule has 7 nitrogen and oxygen atoms in total. The smallest absolute Gasteiger partial charge is 0.417 e. The number of halogens is 3. The summed E-state index contributed by atoms with van der Waals surface area (Å²) in [5.41, 5.74) is -0.259. The van der Waals surface area contributed by atoms with Crippen molar-refractivity contribution in [1.82, 2.24) is 10.3 Å². The molecule has 0 saturated carbocycles. The van der Waals surface area contributed by atoms with E-state index < -0.39 is 17.8 Å². The average Bonchev–Trinajstić information content (AvgIpc) is 3.07. The van der Waals surface area contributed by atoms with Crippen LogP contribution in [0.2, 0.25) is 0 Å². The molecular weight excluding hydrogens is 437 g/mol. The summed E-state index contributed by atoms with van der Waals surface area (Å²) in [6.07, 6.45) is -2.11. The lowest BCUT2D eigenvalue weighted by atomic mass is 10.0. The number of benzene rings is 1. The molecule has 1 aromatic carbocycles. The number of piperidine rings is 1. The van der Waals surface area contributed by atoms with E-state index in [2.05, 4.69) is 10.3 Å². The van der Waals surface area contributed by atoms with Crippen molar-refractivity contribution in [1.29, 1.82) is 0 Å². The van der Waals surface area contributed by atoms with Gasteiger partial charge in [-0.05, 0) is 56.2 Å². The number of nitrogens with zero attached hydrogens (tertiary/aromatic N) is 3. The number of ether oxygens (including phenoxy) is 1. The van der Waals surface area contributed by atoms with Crippen molar-refractivity contribution < 1.29 is 27.5 Å². The first-order valence-electron chi connectivity index (χ1n) is 10.9. The van der Waals surface area contributed by atoms with Gasteiger partial charge in [0.15, 0.2) is 0 Å². The largest absolute Gasteiger partial charge is 0.494 e. The number of rotatable bonds is 6. The Morgan fingerprint density at radius 1 is 1.09 bits per heavy atom. The second-order valence-electron chi connectivity index (χ2n) is 8.08. The Labute approximate surface area is 189 Å². The maximum atomic E-state index is 12.9. The van der Waals surface area contributed by atoms with Crippen LogP contribution in [0.3, 0.4) is 0 Å². The van der Waals surface area contributed by atoms with Crippen molar-refractivity contribution in [3.8, 4) is 5.75 Å². The molecule has 33 heavy (non-hydrogen) atoms. The molecule has 1 N–H and O–H groups in total. The van der Waals surface area contributed by atoms with Crippen LogP contribution in [0.5, 0.6) is 5.75 Å². The number of nitrogens with one attached hydrogen (secondary N) is 1. The van der Waals surface area contributed by atoms with E-state index >= 15 is 0 Å². The molecule has 0 bridgehead atoms. The van der Waals surface area contributed by atoms with Gasteiger partial charge in [-0.1, -0.05) is 0 Å². The van der Waals surface area contributed by atoms with Crippen LogP contribution in [0, 0.1) is 0 Å². The fourth-order valence-electron chi connectivity index (χ4n) is 4.19. The molecular formula is C23H25F3N4O3. The zero-order chi connectivity index (χ0) is 23.6. The predicted molar refractivity (Wildman–Crippen MR) is 116 cm³/mol. The molecule has 2 amide bonds. The Bertz CT molecular complexity index is 988. The van der Waals surface area contributed by atoms with Gasteiger partial charge in [-0.2, -0.15) is 13.2 Å². The maximum Gasteiger partial charge on any atom is 0.417 e. The molecule has 0 radical (unpaired) electrons. The number of alkyl halides is 3. The first-order valence-corrected chi connectivity index (χ1v) is 10.9. The van der Waals surface area contributed by atoms with Gasteiger partial charge in [0.1, 0.15) is 11.6 Å². The Balaban J connectivity index is 1.32. The minimum Gasteiger partial charge on any atom is -0.494 e. The van der Waals surface area contributed by atoms with E-state index in [4.69, 9.17) is 4.74 Å². The fourth-order valence-corrected chi connectivity index (χ4v) is 4.19. The summed E-state index contributed by atoms with van der Waals surface area (Å²) in [5.74, 6) is 0.628. The van der Waals surface area contributed by atoms with Crippen molar-refractivity contribution >= 4 is 23.3 Å². The highest BCUT2D eigenvalue weighted by atomic mass is 19.4. The molecule has 0 aliphatic carbocycles. The lowest BCUT2D eigenvalue weighted by Gasteiger charge is -2.34. The van der Waals surface area contributed by atoms with E-state index in [1.165, 1.54) is 11.0 Å². The van der Waals surface area contributed by atoms with Gasteiger partial charge >= 0.3 is 6.18 Å². The Morgan fingerprint density at radius 2 is 1.79 bits per heavy atom. The van der Waals surface area contributed by atoms with E-state index in [1.807, 2.05) is 11.8 Å². The van der Waals surface area contributed by atoms with Crippen molar-refractivity contribution in [2.24, 2.45) is 0 Å². The standard InChI is InChI=1S/C23H25F3N4O3/c1-2-33-18-6-4-17(5-7-18)30-21(31)13-19(22(30)32)28-16-9-11-29(12-10-16)20-8-3-15(14-27-20)23(24,25)26/h3-8,14,16,19,28H,2,9-13H2,1H3/t19-/m0/s1. The Kier molecular flexibility index (Phi) is 6.55. The van der Waals surface area contributed by atoms with Gasteiger partial charge in [-0.3, -0.25) is 9.59 Å². The highest BCUT2D eigenvalue weighted by Crippen LogP contribution is 2.30. The highest BCUT2D eigenvalue weighted by Gasteiger charge is 2.40. The van der Waals surface area contributed by atoms with Gasteiger partial charge in [-0.15, -0.1) is 0 Å². The van der Waals surface area contributed by atoms with Crippen LogP contribution in [0.25, 0.3) is 0 Å². The van der Waals surface area contributed by atoms with Gasteiger partial charge in [0.2, 0.25) is 5.91 Å². The van der Waals surface area contributed by atoms with E-state index in [-0.39, 0.29) is 24.3 Å². The van der Waals surface area contributed by atoms with E-state index in [1.54, 1.807) is 24.3 Å². The molecule has 0 spiro atoms. The second kappa shape index (κ2) is 9.38. The molecule has 3 heterocycles. The molecule has 0 unspecified atom stereocenters. The summed E-state index contributed by atoms with van der Waals surface area (Å²) in [5, 5.41) is 3.30. The SMILES string of the molecule is CCOc1ccc(N2C(=O)C[C@H](NC3CCN(c4ccc(C(F)(F)F)cn4)CC3)C2=O)cc1. The van der Waals surface area contributed by atoms with Crippen LogP contribution in [0.15, 0.2) is 42.6 Å². The van der Waals surface area contributed by atoms with Crippen molar-refractivity contribution in [2.45, 2.75) is 44.4 Å². The predicted octanol–water partition coefficient (Wildman–Crippen LogP) is 3.39. The minimum absolute atomic E-state index is 0.0257. The van der Waals surface area contributed by atoms with E-state index in [9.17, 15) is 22.8 Å². The molecule has 2 fully saturated rings. The Morgan fingerprint density at radius 3 is 2.36 bits per heavy atom. The number of hydrogen-bond acceptors (Lipinski definition) is 6. The molecule has 2 aliphatic heterocycles. The van der Waals surface area contributed by atoms with Gasteiger partial charge in [0.25, 0.3) is 5.91 Å². The molecule has 1 aromatic heterocycles. The van der Waals surface area contributed by atoms with Gasteiger partial charge in [0.05, 0.1) is 30.3 Å². The lowest BCUT2D eigenvalue weighted by molar-refractivity contribution is -0.137. The van der Waals surface area contributed by atoms with Gasteiger partial charge in [0, 0.05) is 25.3 Å². The maximum absolute atomic E-state index is 12.9.